The zero-order chi connectivity index (χ0) is 30.0. The second-order valence-corrected chi connectivity index (χ2v) is 12.6. The van der Waals surface area contributed by atoms with Crippen LogP contribution in [0.1, 0.15) is 15.9 Å². The maximum Gasteiger partial charge on any atom is 0.417 e. The third-order valence-corrected chi connectivity index (χ3v) is 8.92. The fourth-order valence-electron chi connectivity index (χ4n) is 3.51. The molecule has 0 bridgehead atoms. The molecule has 0 saturated carbocycles. The van der Waals surface area contributed by atoms with Crippen LogP contribution in [0.15, 0.2) is 101 Å². The minimum Gasteiger partial charge on any atom is -0.322 e. The summed E-state index contributed by atoms with van der Waals surface area (Å²) in [5.41, 5.74) is -1.39. The van der Waals surface area contributed by atoms with Gasteiger partial charge >= 0.3 is 6.18 Å². The standard InChI is InChI=1S/C26H18Cl2F3N3O5S2/c27-23-12-8-17(33-40(36,37)19-4-2-1-3-5-19)14-21(23)25(35)32-16-6-10-20(11-7-16)41(38,39)34-18-9-13-24(28)22(15-18)26(29,30)31/h1-15,33-34H,(H,32,35). The van der Waals surface area contributed by atoms with Gasteiger partial charge in [0.1, 0.15) is 0 Å². The number of alkyl halides is 3. The molecule has 4 aromatic carbocycles. The van der Waals surface area contributed by atoms with Crippen LogP contribution in [0.3, 0.4) is 0 Å². The van der Waals surface area contributed by atoms with Gasteiger partial charge in [-0.25, -0.2) is 16.8 Å². The Hall–Kier alpha value is -3.78. The Bertz CT molecular complexity index is 1820. The van der Waals surface area contributed by atoms with Gasteiger partial charge in [-0.1, -0.05) is 41.4 Å². The van der Waals surface area contributed by atoms with Crippen LogP contribution in [0.4, 0.5) is 30.2 Å². The maximum absolute atomic E-state index is 13.1. The van der Waals surface area contributed by atoms with Gasteiger partial charge in [-0.15, -0.1) is 0 Å². The molecule has 0 unspecified atom stereocenters. The third-order valence-electron chi connectivity index (χ3n) is 5.46. The zero-order valence-corrected chi connectivity index (χ0v) is 23.6. The largest absolute Gasteiger partial charge is 0.417 e. The highest BCUT2D eigenvalue weighted by molar-refractivity contribution is 7.93. The molecule has 0 spiro atoms. The summed E-state index contributed by atoms with van der Waals surface area (Å²) in [5.74, 6) is -0.717. The second-order valence-electron chi connectivity index (χ2n) is 8.39. The van der Waals surface area contributed by atoms with Gasteiger partial charge in [-0.2, -0.15) is 13.2 Å². The van der Waals surface area contributed by atoms with Gasteiger partial charge in [-0.3, -0.25) is 14.2 Å². The first kappa shape index (κ1) is 30.2. The minimum atomic E-state index is -4.78. The molecule has 1 amide bonds. The third kappa shape index (κ3) is 7.30. The molecule has 0 saturated heterocycles. The number of carbonyl (C=O) groups excluding carboxylic acids is 1. The van der Waals surface area contributed by atoms with Crippen LogP contribution in [0, 0.1) is 0 Å². The van der Waals surface area contributed by atoms with E-state index in [-0.39, 0.29) is 37.4 Å². The Labute approximate surface area is 243 Å². The van der Waals surface area contributed by atoms with Gasteiger partial charge < -0.3 is 5.32 Å². The van der Waals surface area contributed by atoms with Crippen molar-refractivity contribution < 1.29 is 34.8 Å². The number of anilines is 3. The number of carbonyl (C=O) groups is 1. The van der Waals surface area contributed by atoms with Crippen molar-refractivity contribution in [3.63, 3.8) is 0 Å². The van der Waals surface area contributed by atoms with E-state index < -0.39 is 42.7 Å². The number of benzene rings is 4. The molecule has 15 heteroatoms. The zero-order valence-electron chi connectivity index (χ0n) is 20.4. The van der Waals surface area contributed by atoms with E-state index in [0.29, 0.717) is 6.07 Å². The van der Waals surface area contributed by atoms with E-state index in [1.165, 1.54) is 42.5 Å². The lowest BCUT2D eigenvalue weighted by Crippen LogP contribution is -2.16. The molecule has 4 aromatic rings. The van der Waals surface area contributed by atoms with Gasteiger partial charge in [0.25, 0.3) is 26.0 Å². The monoisotopic (exact) mass is 643 g/mol. The molecule has 4 rings (SSSR count). The molecule has 0 aliphatic carbocycles. The predicted molar refractivity (Wildman–Crippen MR) is 150 cm³/mol. The maximum atomic E-state index is 13.1. The SMILES string of the molecule is O=C(Nc1ccc(S(=O)(=O)Nc2ccc(Cl)c(C(F)(F)F)c2)cc1)c1cc(NS(=O)(=O)c2ccccc2)ccc1Cl. The highest BCUT2D eigenvalue weighted by atomic mass is 35.5. The smallest absolute Gasteiger partial charge is 0.322 e. The van der Waals surface area contributed by atoms with Crippen LogP contribution in [-0.2, 0) is 26.2 Å². The Kier molecular flexibility index (Phi) is 8.54. The summed E-state index contributed by atoms with van der Waals surface area (Å²) < 4.78 is 94.4. The average Bonchev–Trinajstić information content (AvgIpc) is 2.91. The summed E-state index contributed by atoms with van der Waals surface area (Å²) in [5, 5.41) is 1.96. The van der Waals surface area contributed by atoms with Crippen LogP contribution in [-0.4, -0.2) is 22.7 Å². The summed E-state index contributed by atoms with van der Waals surface area (Å²) in [6, 6.07) is 18.9. The van der Waals surface area contributed by atoms with E-state index in [1.54, 1.807) is 18.2 Å². The molecule has 0 fully saturated rings. The molecular weight excluding hydrogens is 626 g/mol. The van der Waals surface area contributed by atoms with Crippen molar-refractivity contribution in [2.24, 2.45) is 0 Å². The fraction of sp³-hybridized carbons (Fsp3) is 0.0385. The van der Waals surface area contributed by atoms with Crippen molar-refractivity contribution >= 4 is 66.2 Å². The molecule has 0 heterocycles. The molecular formula is C26H18Cl2F3N3O5S2. The van der Waals surface area contributed by atoms with Crippen molar-refractivity contribution in [3.05, 3.63) is 112 Å². The Morgan fingerprint density at radius 3 is 1.68 bits per heavy atom. The van der Waals surface area contributed by atoms with Crippen LogP contribution >= 0.6 is 23.2 Å². The first-order valence-electron chi connectivity index (χ1n) is 11.3. The lowest BCUT2D eigenvalue weighted by molar-refractivity contribution is -0.137. The number of nitrogens with one attached hydrogen (secondary N) is 3. The van der Waals surface area contributed by atoms with Gasteiger partial charge in [-0.05, 0) is 72.8 Å². The van der Waals surface area contributed by atoms with E-state index in [0.717, 1.165) is 24.3 Å². The Morgan fingerprint density at radius 2 is 1.12 bits per heavy atom. The van der Waals surface area contributed by atoms with E-state index in [2.05, 4.69) is 14.8 Å². The molecule has 0 aliphatic rings. The molecule has 0 radical (unpaired) electrons. The first-order valence-corrected chi connectivity index (χ1v) is 15.1. The van der Waals surface area contributed by atoms with Crippen LogP contribution < -0.4 is 14.8 Å². The highest BCUT2D eigenvalue weighted by Crippen LogP contribution is 2.36. The van der Waals surface area contributed by atoms with Gasteiger partial charge in [0.2, 0.25) is 0 Å². The number of hydrogen-bond acceptors (Lipinski definition) is 5. The molecule has 41 heavy (non-hydrogen) atoms. The molecule has 0 aromatic heterocycles. The van der Waals surface area contributed by atoms with Gasteiger partial charge in [0.15, 0.2) is 0 Å². The van der Waals surface area contributed by atoms with Crippen molar-refractivity contribution in [3.8, 4) is 0 Å². The van der Waals surface area contributed by atoms with E-state index >= 15 is 0 Å². The lowest BCUT2D eigenvalue weighted by Gasteiger charge is -2.13. The minimum absolute atomic E-state index is 0.0161. The normalized spacial score (nSPS) is 12.0. The highest BCUT2D eigenvalue weighted by Gasteiger charge is 2.33. The molecule has 0 atom stereocenters. The summed E-state index contributed by atoms with van der Waals surface area (Å²) >= 11 is 11.7. The summed E-state index contributed by atoms with van der Waals surface area (Å²) in [4.78, 5) is 12.6. The number of halogens is 5. The number of hydrogen-bond donors (Lipinski definition) is 3. The van der Waals surface area contributed by atoms with Crippen molar-refractivity contribution in [2.45, 2.75) is 16.0 Å². The van der Waals surface area contributed by atoms with Crippen LogP contribution in [0.5, 0.6) is 0 Å². The van der Waals surface area contributed by atoms with E-state index in [4.69, 9.17) is 23.2 Å². The lowest BCUT2D eigenvalue weighted by atomic mass is 10.2. The Morgan fingerprint density at radius 1 is 0.634 bits per heavy atom. The number of sulfonamides is 2. The average molecular weight is 644 g/mol. The predicted octanol–water partition coefficient (Wildman–Crippen LogP) is 6.87. The van der Waals surface area contributed by atoms with Crippen molar-refractivity contribution in [2.75, 3.05) is 14.8 Å². The summed E-state index contributed by atoms with van der Waals surface area (Å²) in [6.07, 6.45) is -4.78. The molecule has 3 N–H and O–H groups in total. The van der Waals surface area contributed by atoms with Crippen molar-refractivity contribution in [1.29, 1.82) is 0 Å². The van der Waals surface area contributed by atoms with Crippen LogP contribution in [0.25, 0.3) is 0 Å². The summed E-state index contributed by atoms with van der Waals surface area (Å²) in [6.45, 7) is 0. The molecule has 8 nitrogen and oxygen atoms in total. The number of rotatable bonds is 8. The first-order chi connectivity index (χ1) is 19.2. The second kappa shape index (κ2) is 11.6. The topological polar surface area (TPSA) is 121 Å². The van der Waals surface area contributed by atoms with E-state index in [9.17, 15) is 34.8 Å². The molecule has 214 valence electrons. The van der Waals surface area contributed by atoms with E-state index in [1.807, 2.05) is 0 Å². The number of amides is 1. The van der Waals surface area contributed by atoms with Gasteiger partial charge in [0.05, 0.1) is 31.0 Å². The molecule has 0 aliphatic heterocycles. The Balaban J connectivity index is 1.48. The fourth-order valence-corrected chi connectivity index (χ4v) is 6.06. The quantitative estimate of drug-likeness (QED) is 0.193. The van der Waals surface area contributed by atoms with Gasteiger partial charge in [0, 0.05) is 17.1 Å². The van der Waals surface area contributed by atoms with Crippen LogP contribution in [0.2, 0.25) is 10.0 Å². The summed E-state index contributed by atoms with van der Waals surface area (Å²) in [7, 11) is -8.23. The van der Waals surface area contributed by atoms with Crippen molar-refractivity contribution in [1.82, 2.24) is 0 Å².